The van der Waals surface area contributed by atoms with Crippen LogP contribution in [0.25, 0.3) is 0 Å². The first-order valence-corrected chi connectivity index (χ1v) is 8.12. The van der Waals surface area contributed by atoms with E-state index in [-0.39, 0.29) is 0 Å². The van der Waals surface area contributed by atoms with Crippen LogP contribution < -0.4 is 0 Å². The van der Waals surface area contributed by atoms with Gasteiger partial charge in [-0.1, -0.05) is 37.3 Å². The number of halogens is 1. The fraction of sp³-hybridized carbons (Fsp3) is 1.00. The van der Waals surface area contributed by atoms with E-state index in [1.165, 1.54) is 10.6 Å². The molecule has 0 radical (unpaired) electrons. The van der Waals surface area contributed by atoms with E-state index in [2.05, 4.69) is 34.8 Å². The first-order chi connectivity index (χ1) is 3.66. The Morgan fingerprint density at radius 2 is 2.00 bits per heavy atom. The molecule has 0 heterocycles. The highest BCUT2D eigenvalue weighted by Gasteiger charge is 2.11. The van der Waals surface area contributed by atoms with Crippen LogP contribution in [-0.4, -0.2) is 12.3 Å². The summed E-state index contributed by atoms with van der Waals surface area (Å²) in [6, 6.07) is 0. The molecule has 0 nitrogen and oxygen atoms in total. The van der Waals surface area contributed by atoms with Gasteiger partial charge >= 0.3 is 12.3 Å². The number of hydrogen-bond acceptors (Lipinski definition) is 0. The highest BCUT2D eigenvalue weighted by Crippen LogP contribution is 2.12. The third-order valence-corrected chi connectivity index (χ3v) is 6.57. The Morgan fingerprint density at radius 3 is 2.12 bits per heavy atom. The fourth-order valence-electron chi connectivity index (χ4n) is 0.678. The molecule has 0 atom stereocenters. The van der Waals surface area contributed by atoms with Crippen molar-refractivity contribution in [2.75, 3.05) is 0 Å². The van der Waals surface area contributed by atoms with Crippen LogP contribution >= 0.6 is 14.1 Å². The smallest absolute Gasteiger partial charge is 0.217 e. The molecule has 0 aromatic rings. The zero-order valence-corrected chi connectivity index (χ0v) is 8.69. The van der Waals surface area contributed by atoms with E-state index in [1.807, 2.05) is 0 Å². The van der Waals surface area contributed by atoms with Crippen molar-refractivity contribution in [1.29, 1.82) is 0 Å². The van der Waals surface area contributed by atoms with Crippen molar-refractivity contribution >= 4 is 26.4 Å². The Labute approximate surface area is 63.7 Å². The predicted molar refractivity (Wildman–Crippen MR) is 44.8 cm³/mol. The van der Waals surface area contributed by atoms with E-state index in [9.17, 15) is 0 Å². The van der Waals surface area contributed by atoms with E-state index in [4.69, 9.17) is 0 Å². The van der Waals surface area contributed by atoms with Crippen LogP contribution in [0.5, 0.6) is 0 Å². The average molecular weight is 193 g/mol. The van der Waals surface area contributed by atoms with Gasteiger partial charge in [-0.05, 0) is 0 Å². The largest absolute Gasteiger partial charge is 0.365 e. The summed E-state index contributed by atoms with van der Waals surface area (Å²) >= 11 is 3.29. The third-order valence-electron chi connectivity index (χ3n) is 1.17. The summed E-state index contributed by atoms with van der Waals surface area (Å²) < 4.78 is 0. The van der Waals surface area contributed by atoms with Crippen LogP contribution in [0, 0.1) is 5.92 Å². The van der Waals surface area contributed by atoms with Crippen LogP contribution in [0.1, 0.15) is 20.8 Å². The van der Waals surface area contributed by atoms with Gasteiger partial charge in [0.25, 0.3) is 0 Å². The Kier molecular flexibility index (Phi) is 5.46. The van der Waals surface area contributed by atoms with Crippen LogP contribution in [0.2, 0.25) is 10.6 Å². The number of rotatable bonds is 3. The Balaban J connectivity index is 3.10. The van der Waals surface area contributed by atoms with Crippen molar-refractivity contribution in [3.05, 3.63) is 0 Å². The summed E-state index contributed by atoms with van der Waals surface area (Å²) in [7, 11) is 0. The molecule has 0 amide bonds. The molecular weight excluding hydrogens is 179 g/mol. The maximum absolute atomic E-state index is 3.72. The van der Waals surface area contributed by atoms with Crippen molar-refractivity contribution < 1.29 is 0 Å². The van der Waals surface area contributed by atoms with Gasteiger partial charge in [-0.25, -0.2) is 14.1 Å². The lowest BCUT2D eigenvalue weighted by atomic mass is 10.3. The van der Waals surface area contributed by atoms with Crippen molar-refractivity contribution in [2.45, 2.75) is 31.3 Å². The van der Waals surface area contributed by atoms with Crippen molar-refractivity contribution in [3.63, 3.8) is 0 Å². The van der Waals surface area contributed by atoms with Crippen molar-refractivity contribution in [1.82, 2.24) is 0 Å². The molecule has 0 aliphatic carbocycles. The quantitative estimate of drug-likeness (QED) is 0.604. The maximum Gasteiger partial charge on any atom is 0.365 e. The highest BCUT2D eigenvalue weighted by molar-refractivity contribution is 9.24. The summed E-state index contributed by atoms with van der Waals surface area (Å²) in [5.74, 6) is 0.894. The van der Waals surface area contributed by atoms with Gasteiger partial charge in [-0.3, -0.25) is 0 Å². The van der Waals surface area contributed by atoms with Gasteiger partial charge in [0.15, 0.2) is 0 Å². The van der Waals surface area contributed by atoms with E-state index in [0.29, 0.717) is 0 Å². The summed E-state index contributed by atoms with van der Waals surface area (Å²) in [5, 5.41) is 2.83. The molecule has 2 heteroatoms. The fourth-order valence-corrected chi connectivity index (χ4v) is 4.28. The Bertz CT molecular complexity index is 54.5. The summed E-state index contributed by atoms with van der Waals surface area (Å²) in [6.45, 7) is 6.85. The molecular formula is C6H14AlBr. The summed E-state index contributed by atoms with van der Waals surface area (Å²) in [4.78, 5) is 0. The minimum Gasteiger partial charge on any atom is -0.217 e. The third kappa shape index (κ3) is 5.16. The molecule has 0 bridgehead atoms. The van der Waals surface area contributed by atoms with Gasteiger partial charge in [-0.15, -0.1) is 0 Å². The topological polar surface area (TPSA) is 0 Å². The normalized spacial score (nSPS) is 10.1. The van der Waals surface area contributed by atoms with Gasteiger partial charge in [0.2, 0.25) is 0 Å². The molecule has 48 valence electrons. The van der Waals surface area contributed by atoms with Crippen molar-refractivity contribution in [2.24, 2.45) is 5.92 Å². The SMILES string of the molecule is C[CH2][Al]([Br])[CH2]C(C)C. The van der Waals surface area contributed by atoms with Crippen LogP contribution in [0.4, 0.5) is 0 Å². The van der Waals surface area contributed by atoms with Crippen molar-refractivity contribution in [3.8, 4) is 0 Å². The molecule has 8 heavy (non-hydrogen) atoms. The van der Waals surface area contributed by atoms with E-state index < -0.39 is 12.3 Å². The molecule has 0 aliphatic heterocycles. The zero-order valence-electron chi connectivity index (χ0n) is 5.95. The lowest BCUT2D eigenvalue weighted by molar-refractivity contribution is 0.728. The standard InChI is InChI=1S/C4H9.C2H5.Al.BrH/c1-4(2)3;1-2;;/h4H,1H2,2-3H3;1H2,2H3;;1H/q;;+1;/p-1. The highest BCUT2D eigenvalue weighted by atomic mass is 79.9. The second kappa shape index (κ2) is 4.85. The predicted octanol–water partition coefficient (Wildman–Crippen LogP) is 3.05. The Morgan fingerprint density at radius 1 is 1.50 bits per heavy atom. The van der Waals surface area contributed by atoms with Crippen LogP contribution in [0.3, 0.4) is 0 Å². The molecule has 0 aromatic carbocycles. The van der Waals surface area contributed by atoms with Gasteiger partial charge in [0, 0.05) is 0 Å². The molecule has 0 aliphatic rings. The molecule has 0 saturated carbocycles. The van der Waals surface area contributed by atoms with Crippen LogP contribution in [0.15, 0.2) is 0 Å². The molecule has 0 unspecified atom stereocenters. The lowest BCUT2D eigenvalue weighted by Gasteiger charge is -2.02. The maximum atomic E-state index is 3.72. The molecule has 0 fully saturated rings. The summed E-state index contributed by atoms with van der Waals surface area (Å²) in [5.41, 5.74) is 0. The van der Waals surface area contributed by atoms with E-state index in [0.717, 1.165) is 5.92 Å². The molecule has 0 spiro atoms. The molecule has 0 rings (SSSR count). The number of hydrogen-bond donors (Lipinski definition) is 0. The zero-order chi connectivity index (χ0) is 6.57. The monoisotopic (exact) mass is 192 g/mol. The molecule has 0 aromatic heterocycles. The second-order valence-electron chi connectivity index (χ2n) is 2.64. The molecule has 0 saturated heterocycles. The Hall–Kier alpha value is 1.01. The first kappa shape index (κ1) is 9.01. The van der Waals surface area contributed by atoms with Crippen LogP contribution in [-0.2, 0) is 0 Å². The van der Waals surface area contributed by atoms with E-state index >= 15 is 0 Å². The van der Waals surface area contributed by atoms with E-state index in [1.54, 1.807) is 0 Å². The van der Waals surface area contributed by atoms with Gasteiger partial charge in [-0.2, -0.15) is 0 Å². The lowest BCUT2D eigenvalue weighted by Crippen LogP contribution is -2.03. The molecule has 0 N–H and O–H groups in total. The van der Waals surface area contributed by atoms with Gasteiger partial charge in [0.1, 0.15) is 0 Å². The minimum absolute atomic E-state index is 0.427. The van der Waals surface area contributed by atoms with Gasteiger partial charge < -0.3 is 0 Å². The second-order valence-corrected chi connectivity index (χ2v) is 9.00. The first-order valence-electron chi connectivity index (χ1n) is 3.30. The summed E-state index contributed by atoms with van der Waals surface area (Å²) in [6.07, 6.45) is 0. The minimum atomic E-state index is -0.427. The van der Waals surface area contributed by atoms with Gasteiger partial charge in [0.05, 0.1) is 0 Å². The average Bonchev–Trinajstić information content (AvgIpc) is 1.65.